The lowest BCUT2D eigenvalue weighted by Gasteiger charge is -2.07. The first kappa shape index (κ1) is 15.1. The number of benzene rings is 1. The largest absolute Gasteiger partial charge is 0.383 e. The molecule has 0 bridgehead atoms. The molecule has 5 N–H and O–H groups in total. The van der Waals surface area contributed by atoms with Gasteiger partial charge >= 0.3 is 0 Å². The Bertz CT molecular complexity index is 627. The Kier molecular flexibility index (Phi) is 4.99. The molecule has 0 spiro atoms. The van der Waals surface area contributed by atoms with E-state index in [1.165, 1.54) is 17.8 Å². The van der Waals surface area contributed by atoms with Crippen LogP contribution in [-0.4, -0.2) is 21.6 Å². The number of carbonyl (C=O) groups excluding carboxylic acids is 1. The molecule has 1 aromatic carbocycles. The third kappa shape index (κ3) is 4.64. The van der Waals surface area contributed by atoms with Gasteiger partial charge in [0, 0.05) is 12.6 Å². The highest BCUT2D eigenvalue weighted by Gasteiger charge is 2.07. The molecule has 0 aliphatic heterocycles. The number of nitrogen functional groups attached to an aromatic ring is 2. The fraction of sp³-hybridized carbons (Fsp3) is 0.214. The number of aryl methyl sites for hydroxylation is 1. The van der Waals surface area contributed by atoms with Crippen LogP contribution in [0.4, 0.5) is 11.6 Å². The van der Waals surface area contributed by atoms with Crippen molar-refractivity contribution in [3.8, 4) is 0 Å². The molecular formula is C14H17N5OS. The normalized spacial score (nSPS) is 10.3. The lowest BCUT2D eigenvalue weighted by atomic mass is 10.1. The summed E-state index contributed by atoms with van der Waals surface area (Å²) >= 11 is 1.20. The highest BCUT2D eigenvalue weighted by atomic mass is 32.2. The Balaban J connectivity index is 1.84. The topological polar surface area (TPSA) is 107 Å². The molecule has 0 saturated heterocycles. The number of rotatable bonds is 5. The molecule has 21 heavy (non-hydrogen) atoms. The molecule has 0 aliphatic carbocycles. The van der Waals surface area contributed by atoms with Gasteiger partial charge in [0.1, 0.15) is 11.6 Å². The smallest absolute Gasteiger partial charge is 0.230 e. The lowest BCUT2D eigenvalue weighted by Crippen LogP contribution is -2.25. The van der Waals surface area contributed by atoms with Crippen molar-refractivity contribution in [2.24, 2.45) is 0 Å². The highest BCUT2D eigenvalue weighted by Crippen LogP contribution is 2.16. The zero-order valence-corrected chi connectivity index (χ0v) is 12.5. The van der Waals surface area contributed by atoms with Crippen molar-refractivity contribution in [1.82, 2.24) is 15.3 Å². The van der Waals surface area contributed by atoms with Crippen LogP contribution in [0, 0.1) is 6.92 Å². The zero-order valence-electron chi connectivity index (χ0n) is 11.7. The van der Waals surface area contributed by atoms with E-state index in [9.17, 15) is 4.79 Å². The maximum absolute atomic E-state index is 11.8. The summed E-state index contributed by atoms with van der Waals surface area (Å²) in [7, 11) is 0. The summed E-state index contributed by atoms with van der Waals surface area (Å²) < 4.78 is 0. The van der Waals surface area contributed by atoms with Crippen molar-refractivity contribution in [3.05, 3.63) is 41.5 Å². The van der Waals surface area contributed by atoms with Crippen molar-refractivity contribution < 1.29 is 4.79 Å². The summed E-state index contributed by atoms with van der Waals surface area (Å²) in [5, 5.41) is 3.26. The highest BCUT2D eigenvalue weighted by molar-refractivity contribution is 7.99. The SMILES string of the molecule is Cc1ccccc1CNC(=O)CSc1nc(N)cc(N)n1. The Morgan fingerprint density at radius 1 is 1.24 bits per heavy atom. The Morgan fingerprint density at radius 3 is 2.57 bits per heavy atom. The van der Waals surface area contributed by atoms with Gasteiger partial charge in [-0.3, -0.25) is 4.79 Å². The fourth-order valence-corrected chi connectivity index (χ4v) is 2.41. The maximum Gasteiger partial charge on any atom is 0.230 e. The predicted octanol–water partition coefficient (Wildman–Crippen LogP) is 1.36. The van der Waals surface area contributed by atoms with Crippen LogP contribution < -0.4 is 16.8 Å². The molecule has 0 fully saturated rings. The van der Waals surface area contributed by atoms with Gasteiger partial charge in [-0.1, -0.05) is 36.0 Å². The molecule has 2 aromatic rings. The first-order valence-corrected chi connectivity index (χ1v) is 7.37. The number of hydrogen-bond acceptors (Lipinski definition) is 6. The molecule has 6 nitrogen and oxygen atoms in total. The summed E-state index contributed by atoms with van der Waals surface area (Å²) in [5.74, 6) is 0.720. The second-order valence-corrected chi connectivity index (χ2v) is 5.43. The molecule has 0 saturated carbocycles. The minimum absolute atomic E-state index is 0.0900. The van der Waals surface area contributed by atoms with Crippen molar-refractivity contribution in [1.29, 1.82) is 0 Å². The van der Waals surface area contributed by atoms with Gasteiger partial charge in [0.25, 0.3) is 0 Å². The molecule has 1 aromatic heterocycles. The van der Waals surface area contributed by atoms with Gasteiger partial charge in [-0.15, -0.1) is 0 Å². The molecule has 0 unspecified atom stereocenters. The lowest BCUT2D eigenvalue weighted by molar-refractivity contribution is -0.118. The fourth-order valence-electron chi connectivity index (χ4n) is 1.71. The number of anilines is 2. The third-order valence-corrected chi connectivity index (χ3v) is 3.66. The maximum atomic E-state index is 11.8. The van der Waals surface area contributed by atoms with E-state index in [-0.39, 0.29) is 11.7 Å². The van der Waals surface area contributed by atoms with Crippen LogP contribution in [0.25, 0.3) is 0 Å². The van der Waals surface area contributed by atoms with Gasteiger partial charge in [-0.05, 0) is 18.1 Å². The number of amides is 1. The molecule has 0 atom stereocenters. The first-order valence-electron chi connectivity index (χ1n) is 6.38. The van der Waals surface area contributed by atoms with Crippen LogP contribution >= 0.6 is 11.8 Å². The van der Waals surface area contributed by atoms with E-state index in [1.54, 1.807) is 0 Å². The number of thioether (sulfide) groups is 1. The summed E-state index contributed by atoms with van der Waals surface area (Å²) in [5.41, 5.74) is 13.4. The van der Waals surface area contributed by atoms with Crippen molar-refractivity contribution >= 4 is 29.3 Å². The Labute approximate surface area is 127 Å². The number of nitrogens with zero attached hydrogens (tertiary/aromatic N) is 2. The van der Waals surface area contributed by atoms with Gasteiger partial charge in [0.2, 0.25) is 5.91 Å². The van der Waals surface area contributed by atoms with Crippen LogP contribution in [-0.2, 0) is 11.3 Å². The Morgan fingerprint density at radius 2 is 1.90 bits per heavy atom. The van der Waals surface area contributed by atoms with E-state index < -0.39 is 0 Å². The van der Waals surface area contributed by atoms with E-state index in [0.717, 1.165) is 11.1 Å². The van der Waals surface area contributed by atoms with E-state index in [1.807, 2.05) is 31.2 Å². The molecule has 7 heteroatoms. The Hall–Kier alpha value is -2.28. The van der Waals surface area contributed by atoms with Gasteiger partial charge in [-0.25, -0.2) is 9.97 Å². The van der Waals surface area contributed by atoms with E-state index in [4.69, 9.17) is 11.5 Å². The van der Waals surface area contributed by atoms with Gasteiger partial charge < -0.3 is 16.8 Å². The molecule has 1 amide bonds. The predicted molar refractivity (Wildman–Crippen MR) is 84.6 cm³/mol. The molecule has 2 rings (SSSR count). The van der Waals surface area contributed by atoms with Crippen LogP contribution in [0.5, 0.6) is 0 Å². The second-order valence-electron chi connectivity index (χ2n) is 4.49. The van der Waals surface area contributed by atoms with Gasteiger partial charge in [-0.2, -0.15) is 0 Å². The van der Waals surface area contributed by atoms with Crippen LogP contribution in [0.15, 0.2) is 35.5 Å². The van der Waals surface area contributed by atoms with Crippen LogP contribution in [0.3, 0.4) is 0 Å². The first-order chi connectivity index (χ1) is 10.0. The number of carbonyl (C=O) groups is 1. The van der Waals surface area contributed by atoms with Crippen molar-refractivity contribution in [2.45, 2.75) is 18.6 Å². The molecule has 110 valence electrons. The molecule has 0 aliphatic rings. The monoisotopic (exact) mass is 303 g/mol. The summed E-state index contributed by atoms with van der Waals surface area (Å²) in [6, 6.07) is 9.40. The quantitative estimate of drug-likeness (QED) is 0.568. The van der Waals surface area contributed by atoms with Crippen molar-refractivity contribution in [2.75, 3.05) is 17.2 Å². The molecule has 0 radical (unpaired) electrons. The van der Waals surface area contributed by atoms with E-state index in [0.29, 0.717) is 23.3 Å². The average Bonchev–Trinajstić information content (AvgIpc) is 2.43. The standard InChI is InChI=1S/C14H17N5OS/c1-9-4-2-3-5-10(9)7-17-13(20)8-21-14-18-11(15)6-12(16)19-14/h2-6H,7-8H2,1H3,(H,17,20)(H4,15,16,18,19). The minimum Gasteiger partial charge on any atom is -0.383 e. The van der Waals surface area contributed by atoms with Gasteiger partial charge in [0.05, 0.1) is 5.75 Å². The second kappa shape index (κ2) is 6.94. The number of nitrogens with two attached hydrogens (primary N) is 2. The third-order valence-electron chi connectivity index (χ3n) is 2.81. The average molecular weight is 303 g/mol. The van der Waals surface area contributed by atoms with Crippen molar-refractivity contribution in [3.63, 3.8) is 0 Å². The number of aromatic nitrogens is 2. The molecular weight excluding hydrogens is 286 g/mol. The van der Waals surface area contributed by atoms with E-state index >= 15 is 0 Å². The summed E-state index contributed by atoms with van der Waals surface area (Å²) in [4.78, 5) is 19.8. The summed E-state index contributed by atoms with van der Waals surface area (Å²) in [6.45, 7) is 2.52. The molecule has 1 heterocycles. The van der Waals surface area contributed by atoms with Crippen LogP contribution in [0.1, 0.15) is 11.1 Å². The van der Waals surface area contributed by atoms with Crippen LogP contribution in [0.2, 0.25) is 0 Å². The number of hydrogen-bond donors (Lipinski definition) is 3. The van der Waals surface area contributed by atoms with E-state index in [2.05, 4.69) is 15.3 Å². The van der Waals surface area contributed by atoms with Gasteiger partial charge in [0.15, 0.2) is 5.16 Å². The zero-order chi connectivity index (χ0) is 15.2. The minimum atomic E-state index is -0.0900. The summed E-state index contributed by atoms with van der Waals surface area (Å²) in [6.07, 6.45) is 0. The number of nitrogens with one attached hydrogen (secondary N) is 1.